The van der Waals surface area contributed by atoms with Crippen LogP contribution in [0.3, 0.4) is 0 Å². The van der Waals surface area contributed by atoms with Crippen LogP contribution in [0, 0.1) is 0 Å². The lowest BCUT2D eigenvalue weighted by molar-refractivity contribution is -0.0747. The van der Waals surface area contributed by atoms with Gasteiger partial charge in [0.1, 0.15) is 0 Å². The molecule has 2 aliphatic heterocycles. The molecule has 0 aromatic heterocycles. The highest BCUT2D eigenvalue weighted by Gasteiger charge is 2.78. The van der Waals surface area contributed by atoms with E-state index in [1.54, 1.807) is 0 Å². The van der Waals surface area contributed by atoms with Gasteiger partial charge in [0.25, 0.3) is 0 Å². The van der Waals surface area contributed by atoms with Crippen LogP contribution in [0.1, 0.15) is 33.3 Å². The summed E-state index contributed by atoms with van der Waals surface area (Å²) < 4.78 is 0. The van der Waals surface area contributed by atoms with Crippen molar-refractivity contribution in [2.75, 3.05) is 7.05 Å². The van der Waals surface area contributed by atoms with E-state index in [2.05, 4.69) is 69.0 Å². The molecule has 3 nitrogen and oxygen atoms in total. The number of rotatable bonds is 1. The summed E-state index contributed by atoms with van der Waals surface area (Å²) in [6, 6.07) is 10.5. The zero-order chi connectivity index (χ0) is 12.5. The van der Waals surface area contributed by atoms with Gasteiger partial charge in [-0.1, -0.05) is 30.3 Å². The van der Waals surface area contributed by atoms with Crippen LogP contribution >= 0.6 is 0 Å². The largest absolute Gasteiger partial charge is 0.277 e. The van der Waals surface area contributed by atoms with Gasteiger partial charge in [0.2, 0.25) is 5.72 Å². The molecule has 2 unspecified atom stereocenters. The smallest absolute Gasteiger partial charge is 0.209 e. The van der Waals surface area contributed by atoms with Crippen LogP contribution in [0.2, 0.25) is 0 Å². The van der Waals surface area contributed by atoms with Crippen molar-refractivity contribution in [1.82, 2.24) is 9.96 Å². The lowest BCUT2D eigenvalue weighted by Crippen LogP contribution is -2.53. The number of hydrogen-bond acceptors (Lipinski definition) is 3. The van der Waals surface area contributed by atoms with Gasteiger partial charge >= 0.3 is 0 Å². The lowest BCUT2D eigenvalue weighted by atomic mass is 9.87. The van der Waals surface area contributed by atoms with E-state index >= 15 is 0 Å². The molecular formula is C14H20N2O. The summed E-state index contributed by atoms with van der Waals surface area (Å²) in [4.78, 5) is 8.40. The first kappa shape index (κ1) is 11.2. The monoisotopic (exact) mass is 232 g/mol. The summed E-state index contributed by atoms with van der Waals surface area (Å²) in [5, 5.41) is 2.12. The second-order valence-electron chi connectivity index (χ2n) is 6.01. The standard InChI is InChI=1S/C14H20N2O/c1-12(2)14(11-9-7-6-8-10-11)16(17-14)13(3,4)15(12)5/h6-10H,1-5H3. The topological polar surface area (TPSA) is 18.8 Å². The Kier molecular flexibility index (Phi) is 1.92. The first-order valence-electron chi connectivity index (χ1n) is 6.14. The number of likely N-dealkylation sites (N-methyl/N-ethyl adjacent to an activating group) is 1. The van der Waals surface area contributed by atoms with E-state index in [-0.39, 0.29) is 16.9 Å². The third-order valence-electron chi connectivity index (χ3n) is 4.63. The molecule has 2 fully saturated rings. The zero-order valence-electron chi connectivity index (χ0n) is 11.2. The average molecular weight is 232 g/mol. The van der Waals surface area contributed by atoms with Gasteiger partial charge in [0.05, 0.1) is 11.2 Å². The molecule has 3 heteroatoms. The number of hydroxylamine groups is 2. The highest BCUT2D eigenvalue weighted by molar-refractivity contribution is 5.33. The van der Waals surface area contributed by atoms with Crippen molar-refractivity contribution in [2.24, 2.45) is 0 Å². The maximum Gasteiger partial charge on any atom is 0.209 e. The van der Waals surface area contributed by atoms with E-state index in [4.69, 9.17) is 4.84 Å². The van der Waals surface area contributed by atoms with Gasteiger partial charge in [0.15, 0.2) is 0 Å². The molecule has 2 aliphatic rings. The maximum atomic E-state index is 6.02. The van der Waals surface area contributed by atoms with Gasteiger partial charge in [0, 0.05) is 5.56 Å². The molecule has 3 rings (SSSR count). The molecule has 0 amide bonds. The van der Waals surface area contributed by atoms with Crippen molar-refractivity contribution in [3.05, 3.63) is 35.9 Å². The van der Waals surface area contributed by atoms with Crippen molar-refractivity contribution >= 4 is 0 Å². The molecule has 0 spiro atoms. The molecule has 17 heavy (non-hydrogen) atoms. The molecule has 1 aromatic carbocycles. The predicted octanol–water partition coefficient (Wildman–Crippen LogP) is 2.55. The molecule has 0 bridgehead atoms. The van der Waals surface area contributed by atoms with Crippen molar-refractivity contribution in [3.8, 4) is 0 Å². The normalized spacial score (nSPS) is 37.8. The van der Waals surface area contributed by atoms with Gasteiger partial charge in [-0.2, -0.15) is 0 Å². The summed E-state index contributed by atoms with van der Waals surface area (Å²) in [5.41, 5.74) is 0.839. The SMILES string of the molecule is CN1C(C)(C)N2OC2(c2ccccc2)C1(C)C. The zero-order valence-corrected chi connectivity index (χ0v) is 11.2. The minimum absolute atomic E-state index is 0.0438. The van der Waals surface area contributed by atoms with E-state index in [1.165, 1.54) is 5.56 Å². The number of nitrogens with zero attached hydrogens (tertiary/aromatic N) is 2. The molecule has 0 aliphatic carbocycles. The fourth-order valence-corrected chi connectivity index (χ4v) is 3.20. The Morgan fingerprint density at radius 2 is 1.59 bits per heavy atom. The van der Waals surface area contributed by atoms with Gasteiger partial charge in [-0.25, -0.2) is 0 Å². The number of fused-ring (bicyclic) bond motifs is 1. The van der Waals surface area contributed by atoms with E-state index < -0.39 is 0 Å². The Hall–Kier alpha value is -0.900. The maximum absolute atomic E-state index is 6.02. The van der Waals surface area contributed by atoms with Crippen LogP contribution in [0.4, 0.5) is 0 Å². The minimum atomic E-state index is -0.285. The molecule has 2 atom stereocenters. The summed E-state index contributed by atoms with van der Waals surface area (Å²) in [7, 11) is 2.17. The molecule has 2 saturated heterocycles. The van der Waals surface area contributed by atoms with Crippen molar-refractivity contribution in [1.29, 1.82) is 0 Å². The second kappa shape index (κ2) is 2.91. The molecule has 0 radical (unpaired) electrons. The number of benzene rings is 1. The average Bonchev–Trinajstić information content (AvgIpc) is 3.04. The summed E-state index contributed by atoms with van der Waals surface area (Å²) in [5.74, 6) is 0. The third-order valence-corrected chi connectivity index (χ3v) is 4.63. The van der Waals surface area contributed by atoms with Crippen LogP contribution in [0.15, 0.2) is 30.3 Å². The van der Waals surface area contributed by atoms with Crippen LogP contribution in [0.5, 0.6) is 0 Å². The van der Waals surface area contributed by atoms with E-state index in [1.807, 2.05) is 6.07 Å². The van der Waals surface area contributed by atoms with E-state index in [9.17, 15) is 0 Å². The van der Waals surface area contributed by atoms with Gasteiger partial charge < -0.3 is 0 Å². The van der Waals surface area contributed by atoms with Crippen molar-refractivity contribution in [2.45, 2.75) is 44.6 Å². The Balaban J connectivity index is 2.13. The summed E-state index contributed by atoms with van der Waals surface area (Å²) in [6.07, 6.45) is 0. The third kappa shape index (κ3) is 1.07. The van der Waals surface area contributed by atoms with E-state index in [0.29, 0.717) is 0 Å². The van der Waals surface area contributed by atoms with E-state index in [0.717, 1.165) is 0 Å². The first-order valence-corrected chi connectivity index (χ1v) is 6.14. The van der Waals surface area contributed by atoms with Gasteiger partial charge in [-0.3, -0.25) is 9.74 Å². The van der Waals surface area contributed by atoms with Crippen LogP contribution in [0.25, 0.3) is 0 Å². The highest BCUT2D eigenvalue weighted by Crippen LogP contribution is 2.64. The molecule has 92 valence electrons. The fraction of sp³-hybridized carbons (Fsp3) is 0.571. The number of hydrogen-bond donors (Lipinski definition) is 0. The van der Waals surface area contributed by atoms with Crippen molar-refractivity contribution in [3.63, 3.8) is 0 Å². The van der Waals surface area contributed by atoms with Gasteiger partial charge in [-0.05, 0) is 34.7 Å². The van der Waals surface area contributed by atoms with Crippen LogP contribution in [-0.2, 0) is 10.6 Å². The van der Waals surface area contributed by atoms with Crippen LogP contribution < -0.4 is 0 Å². The Morgan fingerprint density at radius 3 is 2.06 bits per heavy atom. The molecule has 0 N–H and O–H groups in total. The van der Waals surface area contributed by atoms with Crippen molar-refractivity contribution < 1.29 is 4.84 Å². The highest BCUT2D eigenvalue weighted by atomic mass is 16.9. The Bertz CT molecular complexity index is 455. The van der Waals surface area contributed by atoms with Crippen LogP contribution in [-0.4, -0.2) is 28.2 Å². The summed E-state index contributed by atoms with van der Waals surface area (Å²) in [6.45, 7) is 8.89. The Labute approximate surface area is 103 Å². The molecular weight excluding hydrogens is 212 g/mol. The fourth-order valence-electron chi connectivity index (χ4n) is 3.20. The summed E-state index contributed by atoms with van der Waals surface area (Å²) >= 11 is 0. The minimum Gasteiger partial charge on any atom is -0.277 e. The molecule has 2 heterocycles. The first-order chi connectivity index (χ1) is 7.85. The quantitative estimate of drug-likeness (QED) is 0.693. The second-order valence-corrected chi connectivity index (χ2v) is 6.01. The lowest BCUT2D eigenvalue weighted by Gasteiger charge is -2.40. The predicted molar refractivity (Wildman–Crippen MR) is 67.0 cm³/mol. The van der Waals surface area contributed by atoms with Gasteiger partial charge in [-0.15, -0.1) is 5.06 Å². The molecule has 1 aromatic rings. The molecule has 0 saturated carbocycles. The Morgan fingerprint density at radius 1 is 1.00 bits per heavy atom.